The lowest BCUT2D eigenvalue weighted by atomic mass is 10.3. The maximum atomic E-state index is 12.4. The quantitative estimate of drug-likeness (QED) is 0.695. The summed E-state index contributed by atoms with van der Waals surface area (Å²) in [4.78, 5) is 0. The van der Waals surface area contributed by atoms with Crippen LogP contribution in [-0.4, -0.2) is 24.6 Å². The van der Waals surface area contributed by atoms with E-state index in [1.165, 1.54) is 0 Å². The third kappa shape index (κ3) is 5.36. The number of nitrogens with zero attached hydrogens (tertiary/aromatic N) is 1. The molecule has 0 heterocycles. The van der Waals surface area contributed by atoms with Crippen LogP contribution in [0.2, 0.25) is 25.7 Å². The average molecular weight is 284 g/mol. The average Bonchev–Trinajstić information content (AvgIpc) is 2.33. The number of rotatable bonds is 7. The van der Waals surface area contributed by atoms with Gasteiger partial charge in [-0.15, -0.1) is 0 Å². The first-order valence-corrected chi connectivity index (χ1v) is 11.6. The van der Waals surface area contributed by atoms with Crippen LogP contribution < -0.4 is 4.31 Å². The molecule has 0 aliphatic rings. The predicted octanol–water partition coefficient (Wildman–Crippen LogP) is 3.90. The Balaban J connectivity index is 2.70. The molecule has 0 saturated heterocycles. The normalized spacial score (nSPS) is 13.3. The summed E-state index contributed by atoms with van der Waals surface area (Å²) >= 11 is 0. The Morgan fingerprint density at radius 2 is 1.78 bits per heavy atom. The van der Waals surface area contributed by atoms with Crippen LogP contribution in [0.5, 0.6) is 0 Å². The van der Waals surface area contributed by atoms with Gasteiger partial charge in [0.05, 0.1) is 0 Å². The summed E-state index contributed by atoms with van der Waals surface area (Å²) in [6.45, 7) is 9.98. The summed E-state index contributed by atoms with van der Waals surface area (Å²) in [5, 5.41) is 0. The van der Waals surface area contributed by atoms with Gasteiger partial charge in [-0.2, -0.15) is 0 Å². The van der Waals surface area contributed by atoms with Crippen LogP contribution in [0, 0.1) is 0 Å². The van der Waals surface area contributed by atoms with Crippen LogP contribution in [0.25, 0.3) is 0 Å². The molecule has 1 unspecified atom stereocenters. The van der Waals surface area contributed by atoms with E-state index in [1.807, 2.05) is 34.6 Å². The topological polar surface area (TPSA) is 20.3 Å². The molecule has 2 nitrogen and oxygen atoms in total. The molecule has 4 heteroatoms. The molecule has 102 valence electrons. The molecule has 1 rings (SSSR count). The van der Waals surface area contributed by atoms with Gasteiger partial charge in [0.2, 0.25) is 0 Å². The van der Waals surface area contributed by atoms with E-state index in [9.17, 15) is 4.21 Å². The van der Waals surface area contributed by atoms with Gasteiger partial charge in [0.25, 0.3) is 0 Å². The third-order valence-electron chi connectivity index (χ3n) is 2.74. The van der Waals surface area contributed by atoms with Crippen molar-refractivity contribution in [1.82, 2.24) is 0 Å². The summed E-state index contributed by atoms with van der Waals surface area (Å²) < 4.78 is 14.5. The minimum Gasteiger partial charge on any atom is -0.292 e. The van der Waals surface area contributed by atoms with E-state index in [4.69, 9.17) is 0 Å². The Kier molecular flexibility index (Phi) is 6.09. The maximum absolute atomic E-state index is 12.4. The number of benzene rings is 1. The van der Waals surface area contributed by atoms with Gasteiger partial charge in [-0.05, 0) is 24.6 Å². The second-order valence-corrected chi connectivity index (χ2v) is 12.9. The number of anilines is 1. The highest BCUT2D eigenvalue weighted by atomic mass is 32.2. The number of hydrogen-bond donors (Lipinski definition) is 0. The van der Waals surface area contributed by atoms with Crippen molar-refractivity contribution < 1.29 is 4.21 Å². The van der Waals surface area contributed by atoms with Crippen molar-refractivity contribution in [3.8, 4) is 0 Å². The first-order chi connectivity index (χ1) is 8.44. The lowest BCUT2D eigenvalue weighted by Gasteiger charge is -2.24. The van der Waals surface area contributed by atoms with E-state index in [-0.39, 0.29) is 0 Å². The van der Waals surface area contributed by atoms with Gasteiger partial charge >= 0.3 is 0 Å². The molecule has 0 aliphatic carbocycles. The molecular formula is C14H25NOSSi. The molecule has 0 aromatic heterocycles. The number of hydrogen-bond acceptors (Lipinski definition) is 1. The third-order valence-corrected chi connectivity index (χ3v) is 6.29. The molecule has 0 saturated carbocycles. The summed E-state index contributed by atoms with van der Waals surface area (Å²) in [6, 6.07) is 11.2. The second kappa shape index (κ2) is 7.09. The highest BCUT2D eigenvalue weighted by molar-refractivity contribution is 7.86. The number of para-hydroxylation sites is 1. The van der Waals surface area contributed by atoms with Crippen molar-refractivity contribution in [2.45, 2.75) is 39.0 Å². The van der Waals surface area contributed by atoms with E-state index in [1.54, 1.807) is 0 Å². The monoisotopic (exact) mass is 283 g/mol. The minimum absolute atomic E-state index is 0.796. The van der Waals surface area contributed by atoms with Crippen LogP contribution in [0.1, 0.15) is 13.3 Å². The van der Waals surface area contributed by atoms with Gasteiger partial charge in [-0.3, -0.25) is 4.31 Å². The van der Waals surface area contributed by atoms with Gasteiger partial charge in [-0.1, -0.05) is 44.8 Å². The lowest BCUT2D eigenvalue weighted by Crippen LogP contribution is -2.31. The zero-order valence-electron chi connectivity index (χ0n) is 12.0. The Hall–Kier alpha value is -0.613. The predicted molar refractivity (Wildman–Crippen MR) is 85.2 cm³/mol. The Morgan fingerprint density at radius 3 is 2.28 bits per heavy atom. The van der Waals surface area contributed by atoms with Crippen molar-refractivity contribution in [1.29, 1.82) is 0 Å². The summed E-state index contributed by atoms with van der Waals surface area (Å²) in [5.74, 6) is 0.796. The van der Waals surface area contributed by atoms with Crippen molar-refractivity contribution in [3.63, 3.8) is 0 Å². The van der Waals surface area contributed by atoms with E-state index >= 15 is 0 Å². The van der Waals surface area contributed by atoms with Gasteiger partial charge in [0, 0.05) is 26.1 Å². The molecule has 0 N–H and O–H groups in total. The SMILES string of the molecule is CCCN(c1ccccc1)S(=O)CC[Si](C)(C)C. The fraction of sp³-hybridized carbons (Fsp3) is 0.571. The zero-order chi connectivity index (χ0) is 13.6. The fourth-order valence-corrected chi connectivity index (χ4v) is 5.76. The Labute approximate surface area is 115 Å². The molecule has 0 amide bonds. The molecule has 1 aromatic carbocycles. The van der Waals surface area contributed by atoms with Gasteiger partial charge < -0.3 is 0 Å². The Bertz CT molecular complexity index is 375. The summed E-state index contributed by atoms with van der Waals surface area (Å²) in [7, 11) is -2.00. The molecule has 0 bridgehead atoms. The Morgan fingerprint density at radius 1 is 1.17 bits per heavy atom. The molecule has 0 spiro atoms. The molecular weight excluding hydrogens is 258 g/mol. The van der Waals surface area contributed by atoms with Crippen molar-refractivity contribution in [2.75, 3.05) is 16.6 Å². The van der Waals surface area contributed by atoms with Crippen LogP contribution in [0.3, 0.4) is 0 Å². The smallest absolute Gasteiger partial charge is 0.119 e. The van der Waals surface area contributed by atoms with E-state index in [0.29, 0.717) is 0 Å². The van der Waals surface area contributed by atoms with Gasteiger partial charge in [0.1, 0.15) is 11.0 Å². The summed E-state index contributed by atoms with van der Waals surface area (Å²) in [6.07, 6.45) is 1.02. The minimum atomic E-state index is -1.11. The van der Waals surface area contributed by atoms with Gasteiger partial charge in [-0.25, -0.2) is 4.21 Å². The van der Waals surface area contributed by atoms with Crippen molar-refractivity contribution in [3.05, 3.63) is 30.3 Å². The van der Waals surface area contributed by atoms with Crippen molar-refractivity contribution >= 4 is 24.7 Å². The molecule has 0 fully saturated rings. The largest absolute Gasteiger partial charge is 0.292 e. The molecule has 18 heavy (non-hydrogen) atoms. The summed E-state index contributed by atoms with van der Waals surface area (Å²) in [5.41, 5.74) is 1.08. The second-order valence-electron chi connectivity index (χ2n) is 5.77. The fourth-order valence-electron chi connectivity index (χ4n) is 1.65. The highest BCUT2D eigenvalue weighted by Crippen LogP contribution is 2.18. The first kappa shape index (κ1) is 15.4. The van der Waals surface area contributed by atoms with Gasteiger partial charge in [0.15, 0.2) is 0 Å². The molecule has 1 atom stereocenters. The zero-order valence-corrected chi connectivity index (χ0v) is 13.8. The first-order valence-electron chi connectivity index (χ1n) is 6.65. The van der Waals surface area contributed by atoms with Crippen LogP contribution in [0.4, 0.5) is 5.69 Å². The van der Waals surface area contributed by atoms with Crippen molar-refractivity contribution in [2.24, 2.45) is 0 Å². The van der Waals surface area contributed by atoms with E-state index in [2.05, 4.69) is 26.6 Å². The van der Waals surface area contributed by atoms with Crippen LogP contribution >= 0.6 is 0 Å². The molecule has 0 aliphatic heterocycles. The molecule has 0 radical (unpaired) electrons. The van der Waals surface area contributed by atoms with Crippen LogP contribution in [-0.2, 0) is 11.0 Å². The molecule has 1 aromatic rings. The standard InChI is InChI=1S/C14H25NOSSi/c1-5-11-15(14-9-7-6-8-10-14)17(16)12-13-18(2,3)4/h6-10H,5,11-13H2,1-4H3. The van der Waals surface area contributed by atoms with E-state index < -0.39 is 19.1 Å². The van der Waals surface area contributed by atoms with E-state index in [0.717, 1.165) is 30.4 Å². The van der Waals surface area contributed by atoms with Crippen LogP contribution in [0.15, 0.2) is 30.3 Å². The lowest BCUT2D eigenvalue weighted by molar-refractivity contribution is 0.678. The maximum Gasteiger partial charge on any atom is 0.119 e. The highest BCUT2D eigenvalue weighted by Gasteiger charge is 2.18.